The van der Waals surface area contributed by atoms with Gasteiger partial charge in [-0.3, -0.25) is 4.79 Å². The van der Waals surface area contributed by atoms with Gasteiger partial charge in [-0.05, 0) is 19.1 Å². The highest BCUT2D eigenvalue weighted by Gasteiger charge is 2.18. The third-order valence-corrected chi connectivity index (χ3v) is 2.01. The van der Waals surface area contributed by atoms with Crippen LogP contribution < -0.4 is 15.8 Å². The third kappa shape index (κ3) is 4.66. The molecule has 0 spiro atoms. The summed E-state index contributed by atoms with van der Waals surface area (Å²) in [5.41, 5.74) is 2.70. The number of hydrogen-bond donors (Lipinski definition) is 2. The molecule has 0 saturated heterocycles. The Kier molecular flexibility index (Phi) is 5.87. The Morgan fingerprint density at radius 2 is 2.00 bits per heavy atom. The lowest BCUT2D eigenvalue weighted by Gasteiger charge is -2.22. The van der Waals surface area contributed by atoms with E-state index in [0.29, 0.717) is 5.69 Å². The van der Waals surface area contributed by atoms with E-state index < -0.39 is 12.1 Å². The molecular weight excluding hydrogens is 250 g/mol. The summed E-state index contributed by atoms with van der Waals surface area (Å²) >= 11 is 0. The van der Waals surface area contributed by atoms with Gasteiger partial charge in [-0.25, -0.2) is 20.0 Å². The maximum absolute atomic E-state index is 11.8. The highest BCUT2D eigenvalue weighted by Crippen LogP contribution is 2.11. The van der Waals surface area contributed by atoms with Gasteiger partial charge in [0.15, 0.2) is 0 Å². The number of rotatable bonds is 4. The second-order valence-corrected chi connectivity index (χ2v) is 3.31. The van der Waals surface area contributed by atoms with Crippen LogP contribution >= 0.6 is 0 Å². The van der Waals surface area contributed by atoms with Crippen molar-refractivity contribution in [1.29, 1.82) is 0 Å². The first-order chi connectivity index (χ1) is 9.19. The minimum absolute atomic E-state index is 0.179. The van der Waals surface area contributed by atoms with Crippen molar-refractivity contribution >= 4 is 24.1 Å². The summed E-state index contributed by atoms with van der Waals surface area (Å²) in [6.07, 6.45) is 0.764. The number of para-hydroxylation sites is 1. The van der Waals surface area contributed by atoms with E-state index in [4.69, 9.17) is 4.74 Å². The van der Waals surface area contributed by atoms with Crippen LogP contribution in [0, 0.1) is 0 Å². The first kappa shape index (κ1) is 14.5. The van der Waals surface area contributed by atoms with Crippen LogP contribution in [0.25, 0.3) is 0 Å². The number of amides is 3. The van der Waals surface area contributed by atoms with Gasteiger partial charge in [0.2, 0.25) is 6.29 Å². The summed E-state index contributed by atoms with van der Waals surface area (Å²) in [7, 11) is 0. The lowest BCUT2D eigenvalue weighted by atomic mass is 10.3. The number of nitrogens with one attached hydrogen (secondary N) is 2. The summed E-state index contributed by atoms with van der Waals surface area (Å²) in [6, 6.07) is 7.75. The Bertz CT molecular complexity index is 436. The van der Waals surface area contributed by atoms with Gasteiger partial charge in [0.1, 0.15) is 0 Å². The van der Waals surface area contributed by atoms with E-state index in [2.05, 4.69) is 10.7 Å². The second kappa shape index (κ2) is 7.70. The van der Waals surface area contributed by atoms with E-state index in [1.54, 1.807) is 37.3 Å². The quantitative estimate of drug-likeness (QED) is 0.793. The molecule has 7 nitrogen and oxygen atoms in total. The predicted octanol–water partition coefficient (Wildman–Crippen LogP) is 0.973. The van der Waals surface area contributed by atoms with Crippen molar-refractivity contribution in [1.82, 2.24) is 10.7 Å². The Morgan fingerprint density at radius 1 is 1.32 bits per heavy atom. The number of ether oxygens (including phenoxy) is 1. The zero-order valence-electron chi connectivity index (χ0n) is 10.4. The Hall–Kier alpha value is -2.57. The van der Waals surface area contributed by atoms with Gasteiger partial charge in [0.05, 0.1) is 18.8 Å². The molecule has 0 unspecified atom stereocenters. The fourth-order valence-corrected chi connectivity index (χ4v) is 1.26. The maximum atomic E-state index is 11.8. The zero-order valence-corrected chi connectivity index (χ0v) is 10.4. The average molecular weight is 264 g/mol. The average Bonchev–Trinajstić information content (AvgIpc) is 2.43. The van der Waals surface area contributed by atoms with Gasteiger partial charge in [-0.1, -0.05) is 18.2 Å². The van der Waals surface area contributed by atoms with E-state index in [1.807, 2.05) is 0 Å². The summed E-state index contributed by atoms with van der Waals surface area (Å²) < 4.78 is 4.70. The molecule has 101 valence electrons. The smallest absolute Gasteiger partial charge is 0.426 e. The number of hydrogen-bond acceptors (Lipinski definition) is 4. The van der Waals surface area contributed by atoms with E-state index in [0.717, 1.165) is 5.01 Å². The number of carbonyl (C=O) groups is 2. The Morgan fingerprint density at radius 3 is 2.58 bits per heavy atom. The lowest BCUT2D eigenvalue weighted by Crippen LogP contribution is -2.51. The molecule has 0 saturated carbocycles. The largest absolute Gasteiger partial charge is 0.449 e. The van der Waals surface area contributed by atoms with Gasteiger partial charge < -0.3 is 10.1 Å². The van der Waals surface area contributed by atoms with Crippen molar-refractivity contribution in [2.75, 3.05) is 18.2 Å². The van der Waals surface area contributed by atoms with Crippen LogP contribution in [0.4, 0.5) is 15.3 Å². The lowest BCUT2D eigenvalue weighted by molar-refractivity contribution is 0.151. The fraction of sp³-hybridized carbons (Fsp3) is 0.250. The molecule has 0 aromatic heterocycles. The number of nitrogens with zero attached hydrogens (tertiary/aromatic N) is 1. The molecule has 0 aliphatic rings. The number of carbonyl (C=O) groups excluding carboxylic acids is 3. The van der Waals surface area contributed by atoms with Gasteiger partial charge in [0.25, 0.3) is 0 Å². The molecule has 0 fully saturated rings. The fourth-order valence-electron chi connectivity index (χ4n) is 1.26. The SMILES string of the molecule is CCOC(=O)NN(C(=O)NC[C]=O)c1ccccc1. The summed E-state index contributed by atoms with van der Waals surface area (Å²) in [6.45, 7) is 1.55. The van der Waals surface area contributed by atoms with Crippen molar-refractivity contribution < 1.29 is 19.1 Å². The molecule has 7 heteroatoms. The summed E-state index contributed by atoms with van der Waals surface area (Å²) in [5.74, 6) is 0. The van der Waals surface area contributed by atoms with Crippen LogP contribution in [-0.2, 0) is 9.53 Å². The molecule has 0 heterocycles. The topological polar surface area (TPSA) is 87.7 Å². The molecule has 1 aromatic rings. The molecular formula is C12H14N3O4. The van der Waals surface area contributed by atoms with E-state index in [1.165, 1.54) is 6.29 Å². The van der Waals surface area contributed by atoms with Gasteiger partial charge in [0, 0.05) is 0 Å². The summed E-state index contributed by atoms with van der Waals surface area (Å²) in [4.78, 5) is 33.3. The molecule has 3 amide bonds. The third-order valence-electron chi connectivity index (χ3n) is 2.01. The molecule has 1 radical (unpaired) electrons. The van der Waals surface area contributed by atoms with E-state index >= 15 is 0 Å². The normalized spacial score (nSPS) is 9.32. The van der Waals surface area contributed by atoms with Crippen LogP contribution in [0.2, 0.25) is 0 Å². The minimum atomic E-state index is -0.767. The van der Waals surface area contributed by atoms with Crippen LogP contribution in [0.1, 0.15) is 6.92 Å². The molecule has 0 aliphatic heterocycles. The van der Waals surface area contributed by atoms with Gasteiger partial charge in [-0.2, -0.15) is 0 Å². The van der Waals surface area contributed by atoms with E-state index in [9.17, 15) is 14.4 Å². The molecule has 0 aliphatic carbocycles. The highest BCUT2D eigenvalue weighted by atomic mass is 16.6. The number of urea groups is 1. The first-order valence-electron chi connectivity index (χ1n) is 5.60. The van der Waals surface area contributed by atoms with Crippen molar-refractivity contribution in [2.24, 2.45) is 0 Å². The Labute approximate surface area is 110 Å². The van der Waals surface area contributed by atoms with Crippen LogP contribution in [0.3, 0.4) is 0 Å². The molecule has 19 heavy (non-hydrogen) atoms. The van der Waals surface area contributed by atoms with E-state index in [-0.39, 0.29) is 13.2 Å². The number of benzene rings is 1. The highest BCUT2D eigenvalue weighted by molar-refractivity contribution is 5.94. The molecule has 1 rings (SSSR count). The molecule has 0 bridgehead atoms. The van der Waals surface area contributed by atoms with Crippen molar-refractivity contribution in [3.63, 3.8) is 0 Å². The van der Waals surface area contributed by atoms with Gasteiger partial charge >= 0.3 is 12.1 Å². The standard InChI is InChI=1S/C12H14N3O4/c1-2-19-12(18)14-15(11(17)13-8-9-16)10-6-4-3-5-7-10/h3-7H,2,8H2,1H3,(H,13,17)(H,14,18). The van der Waals surface area contributed by atoms with Crippen LogP contribution in [0.5, 0.6) is 0 Å². The second-order valence-electron chi connectivity index (χ2n) is 3.31. The van der Waals surface area contributed by atoms with Gasteiger partial charge in [-0.15, -0.1) is 0 Å². The van der Waals surface area contributed by atoms with Crippen LogP contribution in [-0.4, -0.2) is 31.6 Å². The summed E-state index contributed by atoms with van der Waals surface area (Å²) in [5, 5.41) is 3.23. The molecule has 0 atom stereocenters. The van der Waals surface area contributed by atoms with Crippen molar-refractivity contribution in [2.45, 2.75) is 6.92 Å². The van der Waals surface area contributed by atoms with Crippen molar-refractivity contribution in [3.8, 4) is 0 Å². The predicted molar refractivity (Wildman–Crippen MR) is 68.2 cm³/mol. The van der Waals surface area contributed by atoms with Crippen LogP contribution in [0.15, 0.2) is 30.3 Å². The first-order valence-corrected chi connectivity index (χ1v) is 5.60. The molecule has 2 N–H and O–H groups in total. The molecule has 1 aromatic carbocycles. The maximum Gasteiger partial charge on any atom is 0.426 e. The van der Waals surface area contributed by atoms with Crippen molar-refractivity contribution in [3.05, 3.63) is 30.3 Å². The minimum Gasteiger partial charge on any atom is -0.449 e. The number of hydrazine groups is 1. The number of anilines is 1. The zero-order chi connectivity index (χ0) is 14.1. The monoisotopic (exact) mass is 264 g/mol. The Balaban J connectivity index is 2.81.